The van der Waals surface area contributed by atoms with Crippen LogP contribution >= 0.6 is 0 Å². The second-order valence-corrected chi connectivity index (χ2v) is 12.4. The molecule has 56 heavy (non-hydrogen) atoms. The highest BCUT2D eigenvalue weighted by molar-refractivity contribution is 5.72. The Labute approximate surface area is 309 Å². The summed E-state index contributed by atoms with van der Waals surface area (Å²) in [6.45, 7) is -7.24. The summed E-state index contributed by atoms with van der Waals surface area (Å²) in [6.07, 6.45) is -21.3. The van der Waals surface area contributed by atoms with Crippen molar-refractivity contribution in [2.75, 3.05) is 65.4 Å². The smallest absolute Gasteiger partial charge is 0.416 e. The minimum atomic E-state index is -5.32. The first-order valence-corrected chi connectivity index (χ1v) is 15.9. The van der Waals surface area contributed by atoms with E-state index in [9.17, 15) is 82.1 Å². The normalized spacial score (nSPS) is 12.9. The maximum atomic E-state index is 13.6. The third-order valence-electron chi connectivity index (χ3n) is 7.74. The Kier molecular flexibility index (Phi) is 16.5. The lowest BCUT2D eigenvalue weighted by Gasteiger charge is -2.30. The molecular formula is C32H34F12N4O8. The number of halogens is 12. The lowest BCUT2D eigenvalue weighted by molar-refractivity contribution is -0.144. The molecule has 12 nitrogen and oxygen atoms in total. The van der Waals surface area contributed by atoms with Crippen molar-refractivity contribution >= 4 is 23.9 Å². The van der Waals surface area contributed by atoms with Crippen LogP contribution in [0, 0.1) is 0 Å². The zero-order valence-corrected chi connectivity index (χ0v) is 28.7. The van der Waals surface area contributed by atoms with E-state index in [2.05, 4.69) is 0 Å². The summed E-state index contributed by atoms with van der Waals surface area (Å²) in [5, 5.41) is 36.9. The predicted octanol–water partition coefficient (Wildman–Crippen LogP) is 5.01. The van der Waals surface area contributed by atoms with Crippen molar-refractivity contribution in [2.45, 2.75) is 37.8 Å². The number of hydrogen-bond acceptors (Lipinski definition) is 8. The highest BCUT2D eigenvalue weighted by Crippen LogP contribution is 2.38. The van der Waals surface area contributed by atoms with Gasteiger partial charge in [0.1, 0.15) is 0 Å². The standard InChI is InChI=1S/C32H34F12N4O8/c33-29(34,35)21-7-19(8-22(11-21)30(36,37)38)13-47(14-20-9-23(31(39,40)41)12-24(10-20)32(42,43)44)5-3-45(15-25(49)50)1-2-46(16-26(51)52)4-6-48(17-27(53)54)18-28(55)56/h7-12H,1-6,13-18H2,(H,49,50)(H,51,52)(H,53,54)(H,55,56). The number of hydrogen-bond donors (Lipinski definition) is 4. The predicted molar refractivity (Wildman–Crippen MR) is 167 cm³/mol. The summed E-state index contributed by atoms with van der Waals surface area (Å²) in [5.41, 5.74) is -8.48. The number of carboxylic acid groups (broad SMARTS) is 4. The van der Waals surface area contributed by atoms with E-state index in [4.69, 9.17) is 10.2 Å². The highest BCUT2D eigenvalue weighted by Gasteiger charge is 2.38. The average Bonchev–Trinajstić information content (AvgIpc) is 3.01. The molecule has 0 atom stereocenters. The molecule has 0 aliphatic rings. The molecule has 0 spiro atoms. The Balaban J connectivity index is 2.52. The molecule has 0 aliphatic carbocycles. The Hall–Kier alpha value is -4.68. The van der Waals surface area contributed by atoms with Crippen molar-refractivity contribution in [2.24, 2.45) is 0 Å². The summed E-state index contributed by atoms with van der Waals surface area (Å²) >= 11 is 0. The van der Waals surface area contributed by atoms with Crippen LogP contribution in [0.25, 0.3) is 0 Å². The fourth-order valence-corrected chi connectivity index (χ4v) is 5.32. The number of benzene rings is 2. The van der Waals surface area contributed by atoms with Crippen LogP contribution in [-0.2, 0) is 57.0 Å². The summed E-state index contributed by atoms with van der Waals surface area (Å²) in [5.74, 6) is -5.74. The van der Waals surface area contributed by atoms with Crippen LogP contribution < -0.4 is 0 Å². The van der Waals surface area contributed by atoms with Crippen LogP contribution in [0.15, 0.2) is 36.4 Å². The Morgan fingerprint density at radius 3 is 0.821 bits per heavy atom. The van der Waals surface area contributed by atoms with Gasteiger partial charge in [0.2, 0.25) is 0 Å². The zero-order valence-electron chi connectivity index (χ0n) is 28.7. The molecule has 0 unspecified atom stereocenters. The molecule has 0 aliphatic heterocycles. The average molecular weight is 831 g/mol. The van der Waals surface area contributed by atoms with Gasteiger partial charge in [-0.05, 0) is 47.5 Å². The SMILES string of the molecule is O=C(O)CN(CCN(CCN(Cc1cc(C(F)(F)F)cc(C(F)(F)F)c1)Cc1cc(C(F)(F)F)cc(C(F)(F)F)c1)CC(=O)O)CCN(CC(=O)O)CC(=O)O. The molecule has 2 aromatic carbocycles. The minimum Gasteiger partial charge on any atom is -0.480 e. The van der Waals surface area contributed by atoms with Crippen molar-refractivity contribution < 1.29 is 92.3 Å². The van der Waals surface area contributed by atoms with Crippen molar-refractivity contribution in [3.63, 3.8) is 0 Å². The van der Waals surface area contributed by atoms with Crippen LogP contribution in [-0.4, -0.2) is 129 Å². The number of alkyl halides is 12. The molecule has 4 N–H and O–H groups in total. The van der Waals surface area contributed by atoms with Gasteiger partial charge in [0.05, 0.1) is 48.4 Å². The molecule has 0 aromatic heterocycles. The molecule has 314 valence electrons. The minimum absolute atomic E-state index is 0.198. The Morgan fingerprint density at radius 2 is 0.589 bits per heavy atom. The fourth-order valence-electron chi connectivity index (χ4n) is 5.32. The van der Waals surface area contributed by atoms with Crippen molar-refractivity contribution in [1.29, 1.82) is 0 Å². The second-order valence-electron chi connectivity index (χ2n) is 12.4. The Bertz CT molecular complexity index is 1530. The quantitative estimate of drug-likeness (QED) is 0.125. The van der Waals surface area contributed by atoms with Crippen molar-refractivity contribution in [3.8, 4) is 0 Å². The summed E-state index contributed by atoms with van der Waals surface area (Å²) in [4.78, 5) is 49.5. The summed E-state index contributed by atoms with van der Waals surface area (Å²) in [7, 11) is 0. The van der Waals surface area contributed by atoms with E-state index in [1.165, 1.54) is 0 Å². The molecular weight excluding hydrogens is 796 g/mol. The van der Waals surface area contributed by atoms with Gasteiger partial charge in [0, 0.05) is 52.4 Å². The van der Waals surface area contributed by atoms with Gasteiger partial charge >= 0.3 is 48.6 Å². The monoisotopic (exact) mass is 830 g/mol. The van der Waals surface area contributed by atoms with E-state index < -0.39 is 134 Å². The maximum Gasteiger partial charge on any atom is 0.416 e. The maximum absolute atomic E-state index is 13.6. The van der Waals surface area contributed by atoms with Gasteiger partial charge < -0.3 is 20.4 Å². The number of nitrogens with zero attached hydrogens (tertiary/aromatic N) is 4. The first-order chi connectivity index (χ1) is 25.5. The molecule has 2 rings (SSSR count). The molecule has 0 fully saturated rings. The molecule has 0 saturated carbocycles. The lowest BCUT2D eigenvalue weighted by atomic mass is 10.0. The molecule has 24 heteroatoms. The largest absolute Gasteiger partial charge is 0.480 e. The molecule has 0 bridgehead atoms. The van der Waals surface area contributed by atoms with E-state index >= 15 is 0 Å². The second kappa shape index (κ2) is 19.5. The van der Waals surface area contributed by atoms with Gasteiger partial charge in [-0.1, -0.05) is 0 Å². The molecule has 0 saturated heterocycles. The molecule has 2 aromatic rings. The fraction of sp³-hybridized carbons (Fsp3) is 0.500. The third-order valence-corrected chi connectivity index (χ3v) is 7.74. The summed E-state index contributed by atoms with van der Waals surface area (Å²) in [6, 6.07) is 0.795. The van der Waals surface area contributed by atoms with Gasteiger partial charge in [-0.15, -0.1) is 0 Å². The van der Waals surface area contributed by atoms with Gasteiger partial charge in [0.25, 0.3) is 0 Å². The summed E-state index contributed by atoms with van der Waals surface area (Å²) < 4.78 is 163. The van der Waals surface area contributed by atoms with E-state index in [0.717, 1.165) is 19.6 Å². The van der Waals surface area contributed by atoms with Crippen LogP contribution in [0.2, 0.25) is 0 Å². The van der Waals surface area contributed by atoms with Gasteiger partial charge in [-0.3, -0.25) is 38.8 Å². The molecule has 0 radical (unpaired) electrons. The van der Waals surface area contributed by atoms with Crippen molar-refractivity contribution in [3.05, 3.63) is 69.8 Å². The van der Waals surface area contributed by atoms with E-state index in [0.29, 0.717) is 24.3 Å². The van der Waals surface area contributed by atoms with Gasteiger partial charge in [-0.2, -0.15) is 52.7 Å². The molecule has 0 amide bonds. The highest BCUT2D eigenvalue weighted by atomic mass is 19.4. The van der Waals surface area contributed by atoms with E-state index in [1.54, 1.807) is 0 Å². The van der Waals surface area contributed by atoms with Gasteiger partial charge in [0.15, 0.2) is 0 Å². The Morgan fingerprint density at radius 1 is 0.375 bits per heavy atom. The zero-order chi connectivity index (χ0) is 42.8. The third kappa shape index (κ3) is 17.0. The lowest BCUT2D eigenvalue weighted by Crippen LogP contribution is -2.45. The topological polar surface area (TPSA) is 162 Å². The number of aliphatic carboxylic acids is 4. The number of rotatable bonds is 21. The van der Waals surface area contributed by atoms with Crippen molar-refractivity contribution in [1.82, 2.24) is 19.6 Å². The molecule has 0 heterocycles. The number of carbonyl (C=O) groups is 4. The van der Waals surface area contributed by atoms with Gasteiger partial charge in [-0.25, -0.2) is 0 Å². The number of carboxylic acids is 4. The van der Waals surface area contributed by atoms with Crippen LogP contribution in [0.5, 0.6) is 0 Å². The van der Waals surface area contributed by atoms with Crippen LogP contribution in [0.4, 0.5) is 52.7 Å². The van der Waals surface area contributed by atoms with E-state index in [-0.39, 0.29) is 38.3 Å². The first kappa shape index (κ1) is 47.5. The van der Waals surface area contributed by atoms with E-state index in [1.807, 2.05) is 0 Å². The first-order valence-electron chi connectivity index (χ1n) is 15.9. The van der Waals surface area contributed by atoms with Crippen LogP contribution in [0.3, 0.4) is 0 Å². The van der Waals surface area contributed by atoms with Crippen LogP contribution in [0.1, 0.15) is 33.4 Å².